The van der Waals surface area contributed by atoms with Gasteiger partial charge in [0, 0.05) is 44.8 Å². The first-order valence-corrected chi connectivity index (χ1v) is 10.1. The summed E-state index contributed by atoms with van der Waals surface area (Å²) in [6.45, 7) is 10.0. The Morgan fingerprint density at radius 1 is 1.11 bits per heavy atom. The Kier molecular flexibility index (Phi) is 4.24. The fourth-order valence-corrected chi connectivity index (χ4v) is 5.69. The van der Waals surface area contributed by atoms with Crippen molar-refractivity contribution < 1.29 is 9.59 Å². The van der Waals surface area contributed by atoms with Gasteiger partial charge in [-0.15, -0.1) is 0 Å². The molecule has 2 saturated heterocycles. The number of likely N-dealkylation sites (N-methyl/N-ethyl adjacent to an activating group) is 1. The van der Waals surface area contributed by atoms with E-state index >= 15 is 0 Å². The predicted octanol–water partition coefficient (Wildman–Crippen LogP) is 3.59. The van der Waals surface area contributed by atoms with Gasteiger partial charge < -0.3 is 14.7 Å². The number of nitrogens with zero attached hydrogens (tertiary/aromatic N) is 3. The normalized spacial score (nSPS) is 29.6. The SMILES string of the molecule is CN1CCN(Cc2ccc(C(=O)N3CC4(C)C[C@H]3CC(C)(C)C4)cc2)C1=O. The zero-order chi connectivity index (χ0) is 19.4. The second kappa shape index (κ2) is 6.25. The number of carbonyl (C=O) groups is 2. The first-order chi connectivity index (χ1) is 12.7. The second-order valence-corrected chi connectivity index (χ2v) is 9.97. The van der Waals surface area contributed by atoms with E-state index < -0.39 is 0 Å². The number of likely N-dealkylation sites (tertiary alicyclic amines) is 1. The van der Waals surface area contributed by atoms with Gasteiger partial charge in [-0.3, -0.25) is 4.79 Å². The first kappa shape index (κ1) is 18.3. The summed E-state index contributed by atoms with van der Waals surface area (Å²) in [5.41, 5.74) is 2.40. The summed E-state index contributed by atoms with van der Waals surface area (Å²) in [5.74, 6) is 0.157. The predicted molar refractivity (Wildman–Crippen MR) is 105 cm³/mol. The van der Waals surface area contributed by atoms with Crippen LogP contribution in [0.4, 0.5) is 4.79 Å². The van der Waals surface area contributed by atoms with Gasteiger partial charge in [0.25, 0.3) is 5.91 Å². The zero-order valence-corrected chi connectivity index (χ0v) is 17.0. The van der Waals surface area contributed by atoms with E-state index in [9.17, 15) is 9.59 Å². The highest BCUT2D eigenvalue weighted by Crippen LogP contribution is 2.52. The lowest BCUT2D eigenvalue weighted by molar-refractivity contribution is 0.0708. The number of urea groups is 1. The average Bonchev–Trinajstić information content (AvgIpc) is 3.04. The van der Waals surface area contributed by atoms with Crippen LogP contribution in [0.2, 0.25) is 0 Å². The average molecular weight is 370 g/mol. The summed E-state index contributed by atoms with van der Waals surface area (Å²) in [5, 5.41) is 0. The number of benzene rings is 1. The van der Waals surface area contributed by atoms with Crippen molar-refractivity contribution in [3.05, 3.63) is 35.4 Å². The van der Waals surface area contributed by atoms with Gasteiger partial charge in [-0.2, -0.15) is 0 Å². The Hall–Kier alpha value is -2.04. The van der Waals surface area contributed by atoms with Gasteiger partial charge in [0.15, 0.2) is 0 Å². The number of hydrogen-bond donors (Lipinski definition) is 0. The van der Waals surface area contributed by atoms with E-state index in [0.717, 1.165) is 43.6 Å². The maximum atomic E-state index is 13.1. The molecule has 2 heterocycles. The van der Waals surface area contributed by atoms with Gasteiger partial charge >= 0.3 is 6.03 Å². The molecule has 27 heavy (non-hydrogen) atoms. The van der Waals surface area contributed by atoms with Crippen molar-refractivity contribution >= 4 is 11.9 Å². The summed E-state index contributed by atoms with van der Waals surface area (Å²) in [6.07, 6.45) is 3.42. The quantitative estimate of drug-likeness (QED) is 0.817. The Balaban J connectivity index is 1.45. The van der Waals surface area contributed by atoms with Crippen molar-refractivity contribution in [3.63, 3.8) is 0 Å². The van der Waals surface area contributed by atoms with E-state index in [4.69, 9.17) is 0 Å². The maximum absolute atomic E-state index is 13.1. The van der Waals surface area contributed by atoms with Crippen LogP contribution in [0.15, 0.2) is 24.3 Å². The third-order valence-electron chi connectivity index (χ3n) is 6.55. The second-order valence-electron chi connectivity index (χ2n) is 9.97. The molecule has 5 nitrogen and oxygen atoms in total. The Morgan fingerprint density at radius 2 is 1.81 bits per heavy atom. The summed E-state index contributed by atoms with van der Waals surface area (Å²) >= 11 is 0. The summed E-state index contributed by atoms with van der Waals surface area (Å²) in [6, 6.07) is 8.29. The molecule has 146 valence electrons. The van der Waals surface area contributed by atoms with Crippen LogP contribution >= 0.6 is 0 Å². The highest BCUT2D eigenvalue weighted by Gasteiger charge is 2.51. The number of carbonyl (C=O) groups excluding carboxylic acids is 2. The van der Waals surface area contributed by atoms with Crippen LogP contribution in [-0.4, -0.2) is 59.4 Å². The lowest BCUT2D eigenvalue weighted by Crippen LogP contribution is -2.37. The molecule has 3 aliphatic rings. The number of rotatable bonds is 3. The van der Waals surface area contributed by atoms with Crippen molar-refractivity contribution in [3.8, 4) is 0 Å². The van der Waals surface area contributed by atoms with Gasteiger partial charge in [-0.1, -0.05) is 32.9 Å². The van der Waals surface area contributed by atoms with E-state index in [1.165, 1.54) is 6.42 Å². The minimum Gasteiger partial charge on any atom is -0.335 e. The fraction of sp³-hybridized carbons (Fsp3) is 0.636. The van der Waals surface area contributed by atoms with E-state index in [-0.39, 0.29) is 17.4 Å². The minimum absolute atomic E-state index is 0.0790. The van der Waals surface area contributed by atoms with Crippen LogP contribution in [0.5, 0.6) is 0 Å². The number of hydrogen-bond acceptors (Lipinski definition) is 2. The molecule has 1 aromatic rings. The molecule has 0 spiro atoms. The largest absolute Gasteiger partial charge is 0.335 e. The van der Waals surface area contributed by atoms with Gasteiger partial charge in [0.2, 0.25) is 0 Å². The van der Waals surface area contributed by atoms with E-state index in [1.54, 1.807) is 4.90 Å². The van der Waals surface area contributed by atoms with Crippen LogP contribution in [0, 0.1) is 10.8 Å². The van der Waals surface area contributed by atoms with Gasteiger partial charge in [-0.25, -0.2) is 4.79 Å². The molecule has 2 atom stereocenters. The first-order valence-electron chi connectivity index (χ1n) is 10.1. The third kappa shape index (κ3) is 3.44. The third-order valence-corrected chi connectivity index (χ3v) is 6.55. The molecule has 3 amide bonds. The van der Waals surface area contributed by atoms with Crippen molar-refractivity contribution in [2.75, 3.05) is 26.7 Å². The minimum atomic E-state index is 0.0790. The molecule has 2 aliphatic heterocycles. The molecule has 1 unspecified atom stereocenters. The molecule has 1 aromatic carbocycles. The van der Waals surface area contributed by atoms with E-state index in [1.807, 2.05) is 36.2 Å². The van der Waals surface area contributed by atoms with Crippen molar-refractivity contribution in [2.45, 2.75) is 52.6 Å². The molecule has 4 rings (SSSR count). The standard InChI is InChI=1S/C22H31N3O2/c1-21(2)11-18-12-22(3,14-21)15-25(18)19(26)17-7-5-16(6-8-17)13-24-10-9-23(4)20(24)27/h5-8,18H,9-15H2,1-4H3/t18-,22?/m1/s1. The number of fused-ring (bicyclic) bond motifs is 2. The summed E-state index contributed by atoms with van der Waals surface area (Å²) < 4.78 is 0. The topological polar surface area (TPSA) is 43.9 Å². The molecule has 3 fully saturated rings. The molecular formula is C22H31N3O2. The molecule has 2 bridgehead atoms. The van der Waals surface area contributed by atoms with Crippen LogP contribution in [0.25, 0.3) is 0 Å². The monoisotopic (exact) mass is 369 g/mol. The van der Waals surface area contributed by atoms with Crippen LogP contribution < -0.4 is 0 Å². The molecule has 1 saturated carbocycles. The van der Waals surface area contributed by atoms with Gasteiger partial charge in [-0.05, 0) is 47.8 Å². The van der Waals surface area contributed by atoms with Crippen molar-refractivity contribution in [2.24, 2.45) is 10.8 Å². The smallest absolute Gasteiger partial charge is 0.320 e. The molecule has 0 aromatic heterocycles. The van der Waals surface area contributed by atoms with E-state index in [2.05, 4.69) is 25.7 Å². The Bertz CT molecular complexity index is 757. The lowest BCUT2D eigenvalue weighted by atomic mass is 9.65. The Labute approximate surface area is 162 Å². The van der Waals surface area contributed by atoms with Crippen molar-refractivity contribution in [1.29, 1.82) is 0 Å². The highest BCUT2D eigenvalue weighted by atomic mass is 16.2. The highest BCUT2D eigenvalue weighted by molar-refractivity contribution is 5.94. The molecule has 0 N–H and O–H groups in total. The zero-order valence-electron chi connectivity index (χ0n) is 17.0. The van der Waals surface area contributed by atoms with Crippen molar-refractivity contribution in [1.82, 2.24) is 14.7 Å². The Morgan fingerprint density at radius 3 is 2.44 bits per heavy atom. The summed E-state index contributed by atoms with van der Waals surface area (Å²) in [7, 11) is 1.83. The molecule has 1 aliphatic carbocycles. The summed E-state index contributed by atoms with van der Waals surface area (Å²) in [4.78, 5) is 30.9. The fourth-order valence-electron chi connectivity index (χ4n) is 5.69. The van der Waals surface area contributed by atoms with Crippen LogP contribution in [-0.2, 0) is 6.54 Å². The molecule has 0 radical (unpaired) electrons. The molecule has 5 heteroatoms. The lowest BCUT2D eigenvalue weighted by Gasteiger charge is -2.39. The van der Waals surface area contributed by atoms with Crippen LogP contribution in [0.3, 0.4) is 0 Å². The van der Waals surface area contributed by atoms with Gasteiger partial charge in [0.1, 0.15) is 0 Å². The van der Waals surface area contributed by atoms with Crippen LogP contribution in [0.1, 0.15) is 56.0 Å². The number of amides is 3. The maximum Gasteiger partial charge on any atom is 0.320 e. The molecular weight excluding hydrogens is 338 g/mol. The van der Waals surface area contributed by atoms with Gasteiger partial charge in [0.05, 0.1) is 0 Å². The van der Waals surface area contributed by atoms with E-state index in [0.29, 0.717) is 18.0 Å².